The summed E-state index contributed by atoms with van der Waals surface area (Å²) in [6.07, 6.45) is 3.97. The third kappa shape index (κ3) is 3.14. The first-order valence-electron chi connectivity index (χ1n) is 8.08. The van der Waals surface area contributed by atoms with E-state index in [0.29, 0.717) is 0 Å². The van der Waals surface area contributed by atoms with Crippen molar-refractivity contribution in [3.8, 4) is 0 Å². The molecule has 3 nitrogen and oxygen atoms in total. The molecule has 0 spiro atoms. The fourth-order valence-electron chi connectivity index (χ4n) is 2.95. The molecule has 2 heterocycles. The second-order valence-corrected chi connectivity index (χ2v) is 6.76. The van der Waals surface area contributed by atoms with Crippen LogP contribution in [0.25, 0.3) is 0 Å². The third-order valence-electron chi connectivity index (χ3n) is 5.00. The molecule has 3 rings (SSSR count). The van der Waals surface area contributed by atoms with E-state index in [1.807, 2.05) is 0 Å². The summed E-state index contributed by atoms with van der Waals surface area (Å²) in [7, 11) is 0. The standard InChI is InChI=1S/C17H27N3/c1-12-8-9-20(11-13(12)2)17-7-4-15(14(3)19-17)10-18-16-5-6-16/h4,7,12-13,16,18H,5-6,8-11H2,1-3H3. The van der Waals surface area contributed by atoms with Gasteiger partial charge in [-0.15, -0.1) is 0 Å². The lowest BCUT2D eigenvalue weighted by atomic mass is 9.89. The van der Waals surface area contributed by atoms with Crippen molar-refractivity contribution in [2.75, 3.05) is 18.0 Å². The molecule has 2 atom stereocenters. The van der Waals surface area contributed by atoms with Crippen LogP contribution < -0.4 is 10.2 Å². The van der Waals surface area contributed by atoms with E-state index < -0.39 is 0 Å². The van der Waals surface area contributed by atoms with Crippen LogP contribution in [0.4, 0.5) is 5.82 Å². The van der Waals surface area contributed by atoms with Gasteiger partial charge in [-0.25, -0.2) is 4.98 Å². The van der Waals surface area contributed by atoms with E-state index in [0.717, 1.165) is 43.3 Å². The molecule has 0 radical (unpaired) electrons. The number of piperidine rings is 1. The smallest absolute Gasteiger partial charge is 0.128 e. The number of nitrogens with one attached hydrogen (secondary N) is 1. The highest BCUT2D eigenvalue weighted by atomic mass is 15.2. The Balaban J connectivity index is 1.66. The molecule has 0 aromatic carbocycles. The van der Waals surface area contributed by atoms with Gasteiger partial charge in [-0.2, -0.15) is 0 Å². The molecule has 20 heavy (non-hydrogen) atoms. The van der Waals surface area contributed by atoms with Gasteiger partial charge in [0.1, 0.15) is 5.82 Å². The first kappa shape index (κ1) is 13.9. The van der Waals surface area contributed by atoms with Crippen LogP contribution in [0.2, 0.25) is 0 Å². The van der Waals surface area contributed by atoms with E-state index in [4.69, 9.17) is 4.98 Å². The number of aryl methyl sites for hydroxylation is 1. The fourth-order valence-corrected chi connectivity index (χ4v) is 2.95. The molecule has 1 N–H and O–H groups in total. The van der Waals surface area contributed by atoms with E-state index in [2.05, 4.69) is 43.1 Å². The molecule has 0 amide bonds. The van der Waals surface area contributed by atoms with Crippen molar-refractivity contribution < 1.29 is 0 Å². The average molecular weight is 273 g/mol. The summed E-state index contributed by atoms with van der Waals surface area (Å²) in [6.45, 7) is 10.1. The maximum atomic E-state index is 4.84. The van der Waals surface area contributed by atoms with Crippen molar-refractivity contribution in [2.24, 2.45) is 11.8 Å². The molecule has 2 fully saturated rings. The summed E-state index contributed by atoms with van der Waals surface area (Å²) in [5, 5.41) is 3.57. The van der Waals surface area contributed by atoms with Gasteiger partial charge in [0, 0.05) is 31.4 Å². The van der Waals surface area contributed by atoms with E-state index in [-0.39, 0.29) is 0 Å². The van der Waals surface area contributed by atoms with Gasteiger partial charge in [0.25, 0.3) is 0 Å². The number of hydrogen-bond acceptors (Lipinski definition) is 3. The Kier molecular flexibility index (Phi) is 3.97. The van der Waals surface area contributed by atoms with Crippen LogP contribution in [-0.2, 0) is 6.54 Å². The molecule has 2 unspecified atom stereocenters. The van der Waals surface area contributed by atoms with Gasteiger partial charge in [-0.3, -0.25) is 0 Å². The first-order chi connectivity index (χ1) is 9.63. The molecule has 3 heteroatoms. The van der Waals surface area contributed by atoms with Gasteiger partial charge >= 0.3 is 0 Å². The number of aromatic nitrogens is 1. The van der Waals surface area contributed by atoms with Crippen LogP contribution in [0.3, 0.4) is 0 Å². The normalized spacial score (nSPS) is 26.9. The van der Waals surface area contributed by atoms with Crippen molar-refractivity contribution in [3.63, 3.8) is 0 Å². The summed E-state index contributed by atoms with van der Waals surface area (Å²) >= 11 is 0. The third-order valence-corrected chi connectivity index (χ3v) is 5.00. The molecule has 2 aliphatic rings. The maximum Gasteiger partial charge on any atom is 0.128 e. The molecule has 1 aliphatic heterocycles. The SMILES string of the molecule is Cc1nc(N2CCC(C)C(C)C2)ccc1CNC1CC1. The van der Waals surface area contributed by atoms with E-state index in [1.54, 1.807) is 0 Å². The summed E-state index contributed by atoms with van der Waals surface area (Å²) in [4.78, 5) is 7.29. The van der Waals surface area contributed by atoms with Crippen molar-refractivity contribution in [1.29, 1.82) is 0 Å². The van der Waals surface area contributed by atoms with E-state index in [9.17, 15) is 0 Å². The molecule has 110 valence electrons. The lowest BCUT2D eigenvalue weighted by Crippen LogP contribution is -2.39. The molecule has 0 bridgehead atoms. The Morgan fingerprint density at radius 1 is 1.20 bits per heavy atom. The molecule has 1 saturated heterocycles. The predicted molar refractivity (Wildman–Crippen MR) is 84.0 cm³/mol. The number of anilines is 1. The lowest BCUT2D eigenvalue weighted by molar-refractivity contribution is 0.322. The number of hydrogen-bond donors (Lipinski definition) is 1. The van der Waals surface area contributed by atoms with Crippen molar-refractivity contribution >= 4 is 5.82 Å². The summed E-state index contributed by atoms with van der Waals surface area (Å²) in [5.74, 6) is 2.77. The molecular weight excluding hydrogens is 246 g/mol. The molecular formula is C17H27N3. The zero-order valence-electron chi connectivity index (χ0n) is 13.0. The zero-order valence-corrected chi connectivity index (χ0v) is 13.0. The van der Waals surface area contributed by atoms with Crippen molar-refractivity contribution in [3.05, 3.63) is 23.4 Å². The topological polar surface area (TPSA) is 28.2 Å². The Bertz CT molecular complexity index is 467. The molecule has 1 aliphatic carbocycles. The van der Waals surface area contributed by atoms with Gasteiger partial charge in [0.05, 0.1) is 0 Å². The largest absolute Gasteiger partial charge is 0.356 e. The minimum atomic E-state index is 0.763. The van der Waals surface area contributed by atoms with Gasteiger partial charge < -0.3 is 10.2 Å². The molecule has 1 saturated carbocycles. The van der Waals surface area contributed by atoms with Crippen LogP contribution in [0.15, 0.2) is 12.1 Å². The lowest BCUT2D eigenvalue weighted by Gasteiger charge is -2.36. The number of rotatable bonds is 4. The number of nitrogens with zero attached hydrogens (tertiary/aromatic N) is 2. The fraction of sp³-hybridized carbons (Fsp3) is 0.706. The highest BCUT2D eigenvalue weighted by Crippen LogP contribution is 2.26. The van der Waals surface area contributed by atoms with Crippen molar-refractivity contribution in [2.45, 2.75) is 52.6 Å². The second-order valence-electron chi connectivity index (χ2n) is 6.76. The molecule has 1 aromatic heterocycles. The Hall–Kier alpha value is -1.09. The maximum absolute atomic E-state index is 4.84. The van der Waals surface area contributed by atoms with Gasteiger partial charge in [-0.05, 0) is 49.7 Å². The highest BCUT2D eigenvalue weighted by molar-refractivity contribution is 5.42. The zero-order chi connectivity index (χ0) is 14.1. The summed E-state index contributed by atoms with van der Waals surface area (Å²) in [6, 6.07) is 5.23. The van der Waals surface area contributed by atoms with Crippen LogP contribution in [0.5, 0.6) is 0 Å². The average Bonchev–Trinajstić information content (AvgIpc) is 3.24. The monoisotopic (exact) mass is 273 g/mol. The van der Waals surface area contributed by atoms with E-state index in [1.165, 1.54) is 30.5 Å². The van der Waals surface area contributed by atoms with Crippen molar-refractivity contribution in [1.82, 2.24) is 10.3 Å². The predicted octanol–water partition coefficient (Wildman–Crippen LogP) is 3.12. The van der Waals surface area contributed by atoms with Crippen LogP contribution in [-0.4, -0.2) is 24.1 Å². The van der Waals surface area contributed by atoms with Gasteiger partial charge in [-0.1, -0.05) is 19.9 Å². The quantitative estimate of drug-likeness (QED) is 0.913. The van der Waals surface area contributed by atoms with Crippen LogP contribution in [0.1, 0.15) is 44.4 Å². The summed E-state index contributed by atoms with van der Waals surface area (Å²) < 4.78 is 0. The minimum absolute atomic E-state index is 0.763. The van der Waals surface area contributed by atoms with Crippen LogP contribution >= 0.6 is 0 Å². The summed E-state index contributed by atoms with van der Waals surface area (Å²) in [5.41, 5.74) is 2.53. The van der Waals surface area contributed by atoms with E-state index >= 15 is 0 Å². The Morgan fingerprint density at radius 3 is 2.65 bits per heavy atom. The first-order valence-corrected chi connectivity index (χ1v) is 8.08. The minimum Gasteiger partial charge on any atom is -0.356 e. The van der Waals surface area contributed by atoms with Gasteiger partial charge in [0.15, 0.2) is 0 Å². The van der Waals surface area contributed by atoms with Gasteiger partial charge in [0.2, 0.25) is 0 Å². The van der Waals surface area contributed by atoms with Crippen LogP contribution in [0, 0.1) is 18.8 Å². The highest BCUT2D eigenvalue weighted by Gasteiger charge is 2.24. The Morgan fingerprint density at radius 2 is 2.00 bits per heavy atom. The molecule has 1 aromatic rings. The second kappa shape index (κ2) is 5.72. The number of pyridine rings is 1. The Labute approximate surface area is 122 Å².